The molecule has 0 N–H and O–H groups in total. The summed E-state index contributed by atoms with van der Waals surface area (Å²) in [4.78, 5) is 17.4. The summed E-state index contributed by atoms with van der Waals surface area (Å²) in [5.41, 5.74) is 1.13. The van der Waals surface area contributed by atoms with Crippen molar-refractivity contribution >= 4 is 36.6 Å². The Balaban J connectivity index is 2.95. The van der Waals surface area contributed by atoms with E-state index in [2.05, 4.69) is 83.2 Å². The van der Waals surface area contributed by atoms with E-state index in [0.717, 1.165) is 50.7 Å². The van der Waals surface area contributed by atoms with Crippen LogP contribution < -0.4 is 0 Å². The number of carbonyl (C=O) groups is 1. The molecule has 4 unspecified atom stereocenters. The van der Waals surface area contributed by atoms with Gasteiger partial charge in [0, 0.05) is 24.7 Å². The maximum absolute atomic E-state index is 12.1. The molecule has 0 radical (unpaired) electrons. The molecule has 1 aliphatic rings. The van der Waals surface area contributed by atoms with Crippen molar-refractivity contribution in [1.82, 2.24) is 0 Å². The van der Waals surface area contributed by atoms with E-state index in [4.69, 9.17) is 18.1 Å². The average molecular weight is 600 g/mol. The van der Waals surface area contributed by atoms with Crippen molar-refractivity contribution in [2.24, 2.45) is 17.0 Å². The zero-order chi connectivity index (χ0) is 29.7. The number of hydrogen-bond donors (Lipinski definition) is 0. The minimum Gasteiger partial charge on any atom is -0.520 e. The Morgan fingerprint density at radius 3 is 2.15 bits per heavy atom. The molecule has 9 heteroatoms. The van der Waals surface area contributed by atoms with Crippen molar-refractivity contribution in [2.45, 2.75) is 149 Å². The van der Waals surface area contributed by atoms with Gasteiger partial charge in [-0.3, -0.25) is 4.79 Å². The number of rotatable bonds is 19. The zero-order valence-corrected chi connectivity index (χ0v) is 30.2. The van der Waals surface area contributed by atoms with E-state index in [9.17, 15) is 4.79 Å². The van der Waals surface area contributed by atoms with E-state index < -0.39 is 25.0 Å². The number of carbonyl (C=O) groups excluding carboxylic acids is 1. The summed E-state index contributed by atoms with van der Waals surface area (Å²) < 4.78 is 18.9. The van der Waals surface area contributed by atoms with Crippen molar-refractivity contribution < 1.29 is 22.9 Å². The van der Waals surface area contributed by atoms with Crippen LogP contribution in [0.4, 0.5) is 0 Å². The number of oxime groups is 1. The molecule has 39 heavy (non-hydrogen) atoms. The molecule has 0 aromatic rings. The van der Waals surface area contributed by atoms with Gasteiger partial charge in [0.15, 0.2) is 16.6 Å². The summed E-state index contributed by atoms with van der Waals surface area (Å²) in [6.45, 7) is 22.0. The molecule has 1 aliphatic carbocycles. The maximum Gasteiger partial charge on any atom is 0.292 e. The summed E-state index contributed by atoms with van der Waals surface area (Å²) in [5.74, 6) is 0.545. The van der Waals surface area contributed by atoms with Crippen LogP contribution in [0.3, 0.4) is 0 Å². The third-order valence-corrected chi connectivity index (χ3v) is 9.52. The van der Waals surface area contributed by atoms with E-state index in [1.807, 2.05) is 0 Å². The SMILES string of the molecule is CCCCCC(/C=C/C1C(O[Si](C)(C)C)C/C(=N/OC)C1CCCCCCC(=O)O[Si](C)(C)C)O[Si](C)(C)C. The van der Waals surface area contributed by atoms with E-state index in [-0.39, 0.29) is 24.1 Å². The fourth-order valence-electron chi connectivity index (χ4n) is 5.26. The molecule has 0 spiro atoms. The van der Waals surface area contributed by atoms with Crippen LogP contribution in [0.2, 0.25) is 58.9 Å². The van der Waals surface area contributed by atoms with Crippen LogP contribution in [-0.2, 0) is 22.9 Å². The molecule has 0 aromatic heterocycles. The van der Waals surface area contributed by atoms with Gasteiger partial charge in [-0.25, -0.2) is 0 Å². The van der Waals surface area contributed by atoms with Gasteiger partial charge in [-0.2, -0.15) is 0 Å². The lowest BCUT2D eigenvalue weighted by Gasteiger charge is -2.29. The van der Waals surface area contributed by atoms with E-state index in [0.29, 0.717) is 12.3 Å². The van der Waals surface area contributed by atoms with Gasteiger partial charge in [0.1, 0.15) is 7.11 Å². The minimum atomic E-state index is -1.80. The summed E-state index contributed by atoms with van der Waals surface area (Å²) >= 11 is 0. The number of hydrogen-bond acceptors (Lipinski definition) is 6. The monoisotopic (exact) mass is 599 g/mol. The van der Waals surface area contributed by atoms with Crippen molar-refractivity contribution in [1.29, 1.82) is 0 Å². The molecule has 0 amide bonds. The highest BCUT2D eigenvalue weighted by molar-refractivity contribution is 6.71. The smallest absolute Gasteiger partial charge is 0.292 e. The minimum absolute atomic E-state index is 0.0370. The van der Waals surface area contributed by atoms with Crippen LogP contribution in [-0.4, -0.2) is 56.0 Å². The lowest BCUT2D eigenvalue weighted by Crippen LogP contribution is -2.35. The third kappa shape index (κ3) is 17.0. The Kier molecular flexibility index (Phi) is 16.1. The summed E-state index contributed by atoms with van der Waals surface area (Å²) in [6.07, 6.45) is 16.3. The largest absolute Gasteiger partial charge is 0.520 e. The Hall–Kier alpha value is -0.749. The Labute approximate surface area is 244 Å². The highest BCUT2D eigenvalue weighted by Gasteiger charge is 2.42. The predicted molar refractivity (Wildman–Crippen MR) is 173 cm³/mol. The summed E-state index contributed by atoms with van der Waals surface area (Å²) in [6, 6.07) is 0. The average Bonchev–Trinajstić information content (AvgIpc) is 3.06. The highest BCUT2D eigenvalue weighted by Crippen LogP contribution is 2.39. The van der Waals surface area contributed by atoms with Crippen molar-refractivity contribution in [3.05, 3.63) is 12.2 Å². The zero-order valence-electron chi connectivity index (χ0n) is 27.2. The van der Waals surface area contributed by atoms with E-state index >= 15 is 0 Å². The number of unbranched alkanes of at least 4 members (excludes halogenated alkanes) is 5. The van der Waals surface area contributed by atoms with Crippen LogP contribution in [0, 0.1) is 11.8 Å². The normalized spacial score (nSPS) is 22.5. The lowest BCUT2D eigenvalue weighted by molar-refractivity contribution is -0.135. The molecule has 1 rings (SSSR count). The van der Waals surface area contributed by atoms with Gasteiger partial charge in [0.25, 0.3) is 5.97 Å². The molecular weight excluding hydrogens is 539 g/mol. The van der Waals surface area contributed by atoms with E-state index in [1.165, 1.54) is 19.3 Å². The highest BCUT2D eigenvalue weighted by atomic mass is 28.4. The van der Waals surface area contributed by atoms with Crippen LogP contribution in [0.5, 0.6) is 0 Å². The lowest BCUT2D eigenvalue weighted by atomic mass is 9.88. The number of nitrogens with zero attached hydrogens (tertiary/aromatic N) is 1. The molecule has 0 bridgehead atoms. The molecular formula is C30H61NO5Si3. The summed E-state index contributed by atoms with van der Waals surface area (Å²) in [7, 11) is -3.55. The fourth-order valence-corrected chi connectivity index (χ4v) is 8.30. The predicted octanol–water partition coefficient (Wildman–Crippen LogP) is 8.92. The van der Waals surface area contributed by atoms with Crippen molar-refractivity contribution in [2.75, 3.05) is 7.11 Å². The van der Waals surface area contributed by atoms with Gasteiger partial charge < -0.3 is 18.1 Å². The first-order valence-electron chi connectivity index (χ1n) is 15.4. The van der Waals surface area contributed by atoms with Crippen LogP contribution >= 0.6 is 0 Å². The standard InChI is InChI=1S/C30H61NO5Si3/c1-12-13-16-19-25(34-37(3,4)5)22-23-27-26(28(31-33-2)24-29(27)35-38(6,7)8)20-17-14-15-18-21-30(32)36-39(9,10)11/h22-23,25-27,29H,12-21,24H2,1-11H3/b23-22+,31-28-. The second-order valence-electron chi connectivity index (χ2n) is 14.1. The summed E-state index contributed by atoms with van der Waals surface area (Å²) in [5, 5.41) is 4.49. The van der Waals surface area contributed by atoms with Gasteiger partial charge in [0.05, 0.1) is 17.9 Å². The molecule has 228 valence electrons. The molecule has 0 aliphatic heterocycles. The second kappa shape index (κ2) is 17.3. The molecule has 0 saturated heterocycles. The maximum atomic E-state index is 12.1. The molecule has 1 saturated carbocycles. The Morgan fingerprint density at radius 2 is 1.59 bits per heavy atom. The Bertz CT molecular complexity index is 768. The van der Waals surface area contributed by atoms with Gasteiger partial charge in [0.2, 0.25) is 8.32 Å². The quantitative estimate of drug-likeness (QED) is 0.0642. The first-order chi connectivity index (χ1) is 18.0. The molecule has 0 aromatic carbocycles. The van der Waals surface area contributed by atoms with Crippen molar-refractivity contribution in [3.63, 3.8) is 0 Å². The fraction of sp³-hybridized carbons (Fsp3) is 0.867. The molecule has 6 nitrogen and oxygen atoms in total. The Morgan fingerprint density at radius 1 is 0.923 bits per heavy atom. The first kappa shape index (κ1) is 36.3. The van der Waals surface area contributed by atoms with Crippen LogP contribution in [0.25, 0.3) is 0 Å². The topological polar surface area (TPSA) is 66.4 Å². The van der Waals surface area contributed by atoms with Gasteiger partial charge in [-0.15, -0.1) is 0 Å². The van der Waals surface area contributed by atoms with Gasteiger partial charge in [-0.1, -0.05) is 62.8 Å². The first-order valence-corrected chi connectivity index (χ1v) is 25.6. The van der Waals surface area contributed by atoms with Gasteiger partial charge in [-0.05, 0) is 78.2 Å². The van der Waals surface area contributed by atoms with Crippen LogP contribution in [0.1, 0.15) is 77.6 Å². The molecule has 1 fully saturated rings. The molecule has 0 heterocycles. The second-order valence-corrected chi connectivity index (χ2v) is 27.5. The van der Waals surface area contributed by atoms with Crippen LogP contribution in [0.15, 0.2) is 17.3 Å². The molecule has 4 atom stereocenters. The van der Waals surface area contributed by atoms with E-state index in [1.54, 1.807) is 7.11 Å². The third-order valence-electron chi connectivity index (χ3n) is 6.66. The van der Waals surface area contributed by atoms with Gasteiger partial charge >= 0.3 is 0 Å². The van der Waals surface area contributed by atoms with Crippen molar-refractivity contribution in [3.8, 4) is 0 Å².